The molecule has 126 valence electrons. The van der Waals surface area contributed by atoms with E-state index in [0.717, 1.165) is 12.8 Å². The SMILES string of the molecule is CC(C)(C)C(=O)Nc1ccc(F)c(C(=O)N[C@H]2CCCOC2)c1. The van der Waals surface area contributed by atoms with Crippen LogP contribution in [0.25, 0.3) is 0 Å². The molecule has 0 aromatic heterocycles. The fraction of sp³-hybridized carbons (Fsp3) is 0.529. The van der Waals surface area contributed by atoms with Gasteiger partial charge in [-0.25, -0.2) is 4.39 Å². The number of hydrogen-bond acceptors (Lipinski definition) is 3. The van der Waals surface area contributed by atoms with Crippen molar-refractivity contribution < 1.29 is 18.7 Å². The van der Waals surface area contributed by atoms with E-state index in [1.54, 1.807) is 20.8 Å². The molecule has 23 heavy (non-hydrogen) atoms. The molecule has 2 rings (SSSR count). The Morgan fingerprint density at radius 2 is 2.04 bits per heavy atom. The summed E-state index contributed by atoms with van der Waals surface area (Å²) in [5.74, 6) is -1.31. The summed E-state index contributed by atoms with van der Waals surface area (Å²) < 4.78 is 19.2. The van der Waals surface area contributed by atoms with Crippen molar-refractivity contribution in [2.24, 2.45) is 5.41 Å². The molecule has 6 heteroatoms. The normalized spacial score (nSPS) is 18.3. The quantitative estimate of drug-likeness (QED) is 0.899. The number of ether oxygens (including phenoxy) is 1. The van der Waals surface area contributed by atoms with Crippen molar-refractivity contribution in [3.05, 3.63) is 29.6 Å². The van der Waals surface area contributed by atoms with Crippen LogP contribution in [0, 0.1) is 11.2 Å². The molecule has 5 nitrogen and oxygen atoms in total. The molecule has 1 atom stereocenters. The van der Waals surface area contributed by atoms with Crippen LogP contribution in [-0.2, 0) is 9.53 Å². The van der Waals surface area contributed by atoms with E-state index in [2.05, 4.69) is 10.6 Å². The molecule has 1 heterocycles. The van der Waals surface area contributed by atoms with Gasteiger partial charge in [-0.15, -0.1) is 0 Å². The molecular weight excluding hydrogens is 299 g/mol. The summed E-state index contributed by atoms with van der Waals surface area (Å²) in [6, 6.07) is 3.88. The number of hydrogen-bond donors (Lipinski definition) is 2. The third-order valence-corrected chi connectivity index (χ3v) is 3.65. The first-order valence-electron chi connectivity index (χ1n) is 7.77. The highest BCUT2D eigenvalue weighted by molar-refractivity contribution is 5.98. The van der Waals surface area contributed by atoms with Gasteiger partial charge >= 0.3 is 0 Å². The van der Waals surface area contributed by atoms with Crippen molar-refractivity contribution in [2.75, 3.05) is 18.5 Å². The maximum Gasteiger partial charge on any atom is 0.254 e. The van der Waals surface area contributed by atoms with E-state index in [1.165, 1.54) is 18.2 Å². The molecule has 2 N–H and O–H groups in total. The fourth-order valence-corrected chi connectivity index (χ4v) is 2.21. The van der Waals surface area contributed by atoms with Gasteiger partial charge in [0.2, 0.25) is 5.91 Å². The number of carbonyl (C=O) groups is 2. The van der Waals surface area contributed by atoms with Crippen molar-refractivity contribution in [1.82, 2.24) is 5.32 Å². The minimum absolute atomic E-state index is 0.0812. The Labute approximate surface area is 135 Å². The summed E-state index contributed by atoms with van der Waals surface area (Å²) >= 11 is 0. The van der Waals surface area contributed by atoms with Crippen LogP contribution in [0.3, 0.4) is 0 Å². The predicted octanol–water partition coefficient (Wildman–Crippen LogP) is 2.72. The maximum atomic E-state index is 13.9. The van der Waals surface area contributed by atoms with Crippen LogP contribution >= 0.6 is 0 Å². The summed E-state index contributed by atoms with van der Waals surface area (Å²) in [6.45, 7) is 6.47. The minimum atomic E-state index is -0.618. The van der Waals surface area contributed by atoms with Gasteiger partial charge in [-0.1, -0.05) is 20.8 Å². The summed E-state index contributed by atoms with van der Waals surface area (Å²) in [5.41, 5.74) is -0.255. The van der Waals surface area contributed by atoms with E-state index in [4.69, 9.17) is 4.74 Å². The topological polar surface area (TPSA) is 67.4 Å². The molecule has 1 fully saturated rings. The summed E-state index contributed by atoms with van der Waals surface area (Å²) in [4.78, 5) is 24.2. The molecule has 0 radical (unpaired) electrons. The van der Waals surface area contributed by atoms with Crippen LogP contribution in [-0.4, -0.2) is 31.1 Å². The molecule has 0 saturated carbocycles. The van der Waals surface area contributed by atoms with Crippen molar-refractivity contribution >= 4 is 17.5 Å². The molecule has 1 aromatic rings. The van der Waals surface area contributed by atoms with Gasteiger partial charge in [0.25, 0.3) is 5.91 Å². The van der Waals surface area contributed by atoms with E-state index in [1.807, 2.05) is 0 Å². The zero-order valence-corrected chi connectivity index (χ0v) is 13.7. The average molecular weight is 322 g/mol. The van der Waals surface area contributed by atoms with Gasteiger partial charge in [0, 0.05) is 17.7 Å². The zero-order chi connectivity index (χ0) is 17.0. The second-order valence-electron chi connectivity index (χ2n) is 6.79. The van der Waals surface area contributed by atoms with E-state index >= 15 is 0 Å². The van der Waals surface area contributed by atoms with Crippen molar-refractivity contribution in [3.63, 3.8) is 0 Å². The van der Waals surface area contributed by atoms with Gasteiger partial charge in [-0.3, -0.25) is 9.59 Å². The monoisotopic (exact) mass is 322 g/mol. The molecule has 1 aromatic carbocycles. The third kappa shape index (κ3) is 4.76. The summed E-state index contributed by atoms with van der Waals surface area (Å²) in [5, 5.41) is 5.47. The highest BCUT2D eigenvalue weighted by atomic mass is 19.1. The lowest BCUT2D eigenvalue weighted by molar-refractivity contribution is -0.123. The molecular formula is C17H23FN2O3. The second-order valence-corrected chi connectivity index (χ2v) is 6.79. The molecule has 0 aliphatic carbocycles. The number of halogens is 1. The van der Waals surface area contributed by atoms with E-state index in [9.17, 15) is 14.0 Å². The van der Waals surface area contributed by atoms with Crippen LogP contribution < -0.4 is 10.6 Å². The van der Waals surface area contributed by atoms with Crippen LogP contribution in [0.4, 0.5) is 10.1 Å². The Bertz CT molecular complexity index is 590. The lowest BCUT2D eigenvalue weighted by Gasteiger charge is -2.23. The standard InChI is InChI=1S/C17H23FN2O3/c1-17(2,3)16(22)20-11-6-7-14(18)13(9-11)15(21)19-12-5-4-8-23-10-12/h6-7,9,12H,4-5,8,10H2,1-3H3,(H,19,21)(H,20,22)/t12-/m0/s1. The van der Waals surface area contributed by atoms with Crippen molar-refractivity contribution in [2.45, 2.75) is 39.7 Å². The van der Waals surface area contributed by atoms with Crippen LogP contribution in [0.15, 0.2) is 18.2 Å². The van der Waals surface area contributed by atoms with Crippen molar-refractivity contribution in [3.8, 4) is 0 Å². The molecule has 1 saturated heterocycles. The minimum Gasteiger partial charge on any atom is -0.379 e. The highest BCUT2D eigenvalue weighted by Gasteiger charge is 2.23. The van der Waals surface area contributed by atoms with Crippen LogP contribution in [0.5, 0.6) is 0 Å². The number of rotatable bonds is 3. The lowest BCUT2D eigenvalue weighted by atomic mass is 9.95. The summed E-state index contributed by atoms with van der Waals surface area (Å²) in [6.07, 6.45) is 1.68. The van der Waals surface area contributed by atoms with Gasteiger partial charge in [0.1, 0.15) is 5.82 Å². The lowest BCUT2D eigenvalue weighted by Crippen LogP contribution is -2.41. The van der Waals surface area contributed by atoms with Gasteiger partial charge in [-0.05, 0) is 31.0 Å². The number of nitrogens with one attached hydrogen (secondary N) is 2. The van der Waals surface area contributed by atoms with Crippen molar-refractivity contribution in [1.29, 1.82) is 0 Å². The Morgan fingerprint density at radius 3 is 2.65 bits per heavy atom. The number of carbonyl (C=O) groups excluding carboxylic acids is 2. The number of amides is 2. The van der Waals surface area contributed by atoms with Crippen LogP contribution in [0.2, 0.25) is 0 Å². The van der Waals surface area contributed by atoms with Gasteiger partial charge in [0.15, 0.2) is 0 Å². The zero-order valence-electron chi connectivity index (χ0n) is 13.7. The second kappa shape index (κ2) is 7.08. The molecule has 1 aliphatic heterocycles. The van der Waals surface area contributed by atoms with Gasteiger partial charge in [0.05, 0.1) is 18.2 Å². The van der Waals surface area contributed by atoms with Crippen LogP contribution in [0.1, 0.15) is 44.0 Å². The Hall–Kier alpha value is -1.95. The largest absolute Gasteiger partial charge is 0.379 e. The van der Waals surface area contributed by atoms with E-state index in [0.29, 0.717) is 18.9 Å². The Morgan fingerprint density at radius 1 is 1.30 bits per heavy atom. The highest BCUT2D eigenvalue weighted by Crippen LogP contribution is 2.20. The summed E-state index contributed by atoms with van der Waals surface area (Å²) in [7, 11) is 0. The number of benzene rings is 1. The van der Waals surface area contributed by atoms with E-state index < -0.39 is 17.1 Å². The molecule has 0 bridgehead atoms. The fourth-order valence-electron chi connectivity index (χ4n) is 2.21. The first-order chi connectivity index (χ1) is 10.8. The maximum absolute atomic E-state index is 13.9. The smallest absolute Gasteiger partial charge is 0.254 e. The molecule has 1 aliphatic rings. The van der Waals surface area contributed by atoms with E-state index in [-0.39, 0.29) is 17.5 Å². The predicted molar refractivity (Wildman–Crippen MR) is 85.8 cm³/mol. The van der Waals surface area contributed by atoms with Gasteiger partial charge < -0.3 is 15.4 Å². The molecule has 0 unspecified atom stereocenters. The molecule has 0 spiro atoms. The number of anilines is 1. The first kappa shape index (κ1) is 17.4. The average Bonchev–Trinajstić information content (AvgIpc) is 2.49. The third-order valence-electron chi connectivity index (χ3n) is 3.65. The Kier molecular flexibility index (Phi) is 5.36. The first-order valence-corrected chi connectivity index (χ1v) is 7.77. The molecule has 2 amide bonds. The van der Waals surface area contributed by atoms with Gasteiger partial charge in [-0.2, -0.15) is 0 Å². The Balaban J connectivity index is 2.10.